The number of carbonyl (C=O) groups excluding carboxylic acids is 2. The molecule has 1 radical (unpaired) electrons. The van der Waals surface area contributed by atoms with Gasteiger partial charge < -0.3 is 5.11 Å². The Morgan fingerprint density at radius 3 is 2.66 bits per heavy atom. The summed E-state index contributed by atoms with van der Waals surface area (Å²) in [5.41, 5.74) is 3.30. The number of rotatable bonds is 5. The average Bonchev–Trinajstić information content (AvgIpc) is 3.49. The molecule has 2 fully saturated rings. The van der Waals surface area contributed by atoms with Gasteiger partial charge in [0.15, 0.2) is 5.78 Å². The fourth-order valence-electron chi connectivity index (χ4n) is 5.28. The molecular formula is C26H26BN2O3. The molecule has 2 heterocycles. The number of aromatic hydroxyl groups is 1. The van der Waals surface area contributed by atoms with Crippen molar-refractivity contribution in [2.45, 2.75) is 37.6 Å². The maximum absolute atomic E-state index is 12.9. The summed E-state index contributed by atoms with van der Waals surface area (Å²) in [5.74, 6) is 2.40. The summed E-state index contributed by atoms with van der Waals surface area (Å²) in [7, 11) is 1.79. The number of phenols is 1. The first-order valence-electron chi connectivity index (χ1n) is 11.4. The molecule has 0 spiro atoms. The number of phenolic OH excluding ortho intramolecular Hbond substituents is 1. The normalized spacial score (nSPS) is 23.9. The van der Waals surface area contributed by atoms with Crippen LogP contribution in [-0.4, -0.2) is 53.6 Å². The van der Waals surface area contributed by atoms with E-state index in [0.29, 0.717) is 12.0 Å². The Balaban J connectivity index is 1.24. The van der Waals surface area contributed by atoms with Gasteiger partial charge in [0, 0.05) is 41.7 Å². The second-order valence-corrected chi connectivity index (χ2v) is 8.95. The molecular weight excluding hydrogens is 399 g/mol. The summed E-state index contributed by atoms with van der Waals surface area (Å²) in [6, 6.07) is 15.5. The predicted octanol–water partition coefficient (Wildman–Crippen LogP) is 3.74. The van der Waals surface area contributed by atoms with Gasteiger partial charge in [0.05, 0.1) is 0 Å². The highest BCUT2D eigenvalue weighted by molar-refractivity contribution is 6.93. The zero-order chi connectivity index (χ0) is 22.1. The van der Waals surface area contributed by atoms with E-state index in [4.69, 9.17) is 0 Å². The molecule has 2 aromatic rings. The maximum atomic E-state index is 12.9. The van der Waals surface area contributed by atoms with Crippen molar-refractivity contribution in [3.8, 4) is 16.9 Å². The molecule has 0 aromatic heterocycles. The van der Waals surface area contributed by atoms with E-state index in [1.54, 1.807) is 31.6 Å². The van der Waals surface area contributed by atoms with Crippen LogP contribution in [0, 0.1) is 5.92 Å². The molecule has 2 aromatic carbocycles. The van der Waals surface area contributed by atoms with Crippen LogP contribution < -0.4 is 0 Å². The lowest BCUT2D eigenvalue weighted by Crippen LogP contribution is -2.43. The van der Waals surface area contributed by atoms with Crippen molar-refractivity contribution >= 4 is 24.5 Å². The topological polar surface area (TPSA) is 70.0 Å². The fourth-order valence-corrected chi connectivity index (χ4v) is 5.28. The highest BCUT2D eigenvalue weighted by Gasteiger charge is 2.39. The van der Waals surface area contributed by atoms with Crippen molar-refractivity contribution in [2.24, 2.45) is 10.9 Å². The van der Waals surface area contributed by atoms with Gasteiger partial charge in [-0.2, -0.15) is 0 Å². The summed E-state index contributed by atoms with van der Waals surface area (Å²) in [6.45, 7) is 1.69. The molecule has 2 atom stereocenters. The molecule has 2 aliphatic heterocycles. The van der Waals surface area contributed by atoms with Crippen LogP contribution in [-0.2, 0) is 9.59 Å². The fraction of sp³-hybridized carbons (Fsp3) is 0.346. The molecule has 1 saturated carbocycles. The highest BCUT2D eigenvalue weighted by atomic mass is 16.3. The lowest BCUT2D eigenvalue weighted by Gasteiger charge is -2.35. The second kappa shape index (κ2) is 8.87. The van der Waals surface area contributed by atoms with Crippen molar-refractivity contribution in [1.82, 2.24) is 4.90 Å². The third kappa shape index (κ3) is 4.07. The van der Waals surface area contributed by atoms with Crippen LogP contribution >= 0.6 is 0 Å². The van der Waals surface area contributed by atoms with E-state index in [1.165, 1.54) is 0 Å². The Morgan fingerprint density at radius 2 is 1.91 bits per heavy atom. The molecule has 0 bridgehead atoms. The lowest BCUT2D eigenvalue weighted by atomic mass is 9.69. The van der Waals surface area contributed by atoms with Crippen molar-refractivity contribution in [1.29, 1.82) is 0 Å². The number of hydrogen-bond acceptors (Lipinski definition) is 5. The largest absolute Gasteiger partial charge is 0.507 e. The third-order valence-corrected chi connectivity index (χ3v) is 7.06. The van der Waals surface area contributed by atoms with Crippen LogP contribution in [0.15, 0.2) is 65.7 Å². The third-order valence-electron chi connectivity index (χ3n) is 7.06. The van der Waals surface area contributed by atoms with Crippen LogP contribution in [0.5, 0.6) is 5.75 Å². The van der Waals surface area contributed by atoms with Crippen LogP contribution in [0.2, 0.25) is 0 Å². The average molecular weight is 425 g/mol. The molecule has 161 valence electrons. The molecule has 32 heavy (non-hydrogen) atoms. The highest BCUT2D eigenvalue weighted by Crippen LogP contribution is 2.38. The number of Topliss-reactive ketones (excluding diaryl/α,β-unsaturated/α-hetero) is 2. The van der Waals surface area contributed by atoms with Crippen molar-refractivity contribution < 1.29 is 14.7 Å². The van der Waals surface area contributed by atoms with E-state index in [2.05, 4.69) is 9.89 Å². The zero-order valence-corrected chi connectivity index (χ0v) is 18.0. The number of ketones is 2. The van der Waals surface area contributed by atoms with Gasteiger partial charge in [0.1, 0.15) is 11.5 Å². The second-order valence-electron chi connectivity index (χ2n) is 8.95. The van der Waals surface area contributed by atoms with Crippen molar-refractivity contribution in [3.05, 3.63) is 66.3 Å². The number of hydrogen-bond donors (Lipinski definition) is 1. The van der Waals surface area contributed by atoms with Crippen LogP contribution in [0.3, 0.4) is 0 Å². The van der Waals surface area contributed by atoms with E-state index >= 15 is 0 Å². The van der Waals surface area contributed by atoms with Gasteiger partial charge in [0.25, 0.3) is 0 Å². The van der Waals surface area contributed by atoms with Gasteiger partial charge in [-0.3, -0.25) is 19.5 Å². The number of benzene rings is 2. The van der Waals surface area contributed by atoms with Crippen LogP contribution in [0.25, 0.3) is 11.1 Å². The van der Waals surface area contributed by atoms with Crippen LogP contribution in [0.4, 0.5) is 0 Å². The number of likely N-dealkylation sites (tertiary alicyclic amines) is 1. The zero-order valence-electron chi connectivity index (χ0n) is 18.0. The minimum absolute atomic E-state index is 0.0317. The molecule has 5 rings (SSSR count). The molecule has 5 nitrogen and oxygen atoms in total. The smallest absolute Gasteiger partial charge is 0.213 e. The lowest BCUT2D eigenvalue weighted by molar-refractivity contribution is -0.120. The Labute approximate surface area is 189 Å². The summed E-state index contributed by atoms with van der Waals surface area (Å²) >= 11 is 0. The van der Waals surface area contributed by atoms with E-state index in [0.717, 1.165) is 49.0 Å². The maximum Gasteiger partial charge on any atom is 0.213 e. The Morgan fingerprint density at radius 1 is 1.09 bits per heavy atom. The van der Waals surface area contributed by atoms with Gasteiger partial charge in [-0.25, -0.2) is 0 Å². The number of piperidine rings is 1. The molecule has 1 aliphatic carbocycles. The van der Waals surface area contributed by atoms with Crippen LogP contribution in [0.1, 0.15) is 37.2 Å². The number of nitrogens with zero attached hydrogens (tertiary/aromatic N) is 2. The van der Waals surface area contributed by atoms with E-state index in [1.807, 2.05) is 36.4 Å². The molecule has 1 saturated heterocycles. The number of carbonyl (C=O) groups is 2. The summed E-state index contributed by atoms with van der Waals surface area (Å²) < 4.78 is 0. The molecule has 1 N–H and O–H groups in total. The molecule has 3 aliphatic rings. The molecule has 0 amide bonds. The summed E-state index contributed by atoms with van der Waals surface area (Å²) in [4.78, 5) is 32.1. The number of aliphatic imine (C=N–C) groups is 1. The van der Waals surface area contributed by atoms with Gasteiger partial charge in [0.2, 0.25) is 7.28 Å². The first-order chi connectivity index (χ1) is 15.6. The Hall–Kier alpha value is -2.99. The van der Waals surface area contributed by atoms with Crippen molar-refractivity contribution in [3.63, 3.8) is 0 Å². The quantitative estimate of drug-likeness (QED) is 0.741. The standard InChI is InChI=1S/C26H26BN2O3/c30-23-7-2-1-6-21(23)18-4-3-5-19(14-18)22-15-20(16-24(22)31)29-12-8-17(9-13-29)25(32)26-27-10-11-28-26/h1-7,10-11,14,17,20,22,30H,8-9,12-13,15-16H2. The predicted molar refractivity (Wildman–Crippen MR) is 126 cm³/mol. The Kier molecular flexibility index (Phi) is 5.79. The Bertz CT molecular complexity index is 1100. The van der Waals surface area contributed by atoms with E-state index in [9.17, 15) is 14.7 Å². The minimum atomic E-state index is -0.112. The van der Waals surface area contributed by atoms with E-state index < -0.39 is 0 Å². The summed E-state index contributed by atoms with van der Waals surface area (Å²) in [5, 5.41) is 10.2. The van der Waals surface area contributed by atoms with Crippen molar-refractivity contribution in [2.75, 3.05) is 13.1 Å². The first kappa shape index (κ1) is 20.9. The molecule has 6 heteroatoms. The van der Waals surface area contributed by atoms with E-state index in [-0.39, 0.29) is 35.2 Å². The summed E-state index contributed by atoms with van der Waals surface area (Å²) in [6.07, 6.45) is 4.69. The minimum Gasteiger partial charge on any atom is -0.507 e. The monoisotopic (exact) mass is 425 g/mol. The van der Waals surface area contributed by atoms with Gasteiger partial charge in [-0.05, 0) is 49.5 Å². The van der Waals surface area contributed by atoms with Gasteiger partial charge >= 0.3 is 0 Å². The SMILES string of the molecule is O=C(C1=NC=C[B]1)C1CCN(C2CC(=O)C(c3cccc(-c4ccccc4O)c3)C2)CC1. The number of para-hydroxylation sites is 1. The van der Waals surface area contributed by atoms with Gasteiger partial charge in [-0.1, -0.05) is 48.4 Å². The first-order valence-corrected chi connectivity index (χ1v) is 11.4. The molecule has 2 unspecified atom stereocenters. The van der Waals surface area contributed by atoms with Gasteiger partial charge in [-0.15, -0.1) is 0 Å².